The number of thioether (sulfide) groups is 1. The van der Waals surface area contributed by atoms with Crippen LogP contribution in [0.1, 0.15) is 36.0 Å². The minimum absolute atomic E-state index is 0.166. The Balaban J connectivity index is 2.45. The number of carbonyl (C=O) groups excluding carboxylic acids is 1. The lowest BCUT2D eigenvalue weighted by Crippen LogP contribution is -2.30. The van der Waals surface area contributed by atoms with Gasteiger partial charge in [0.1, 0.15) is 0 Å². The van der Waals surface area contributed by atoms with Crippen molar-refractivity contribution in [1.82, 2.24) is 5.43 Å². The van der Waals surface area contributed by atoms with Gasteiger partial charge in [-0.15, -0.1) is 11.3 Å². The first-order chi connectivity index (χ1) is 8.92. The van der Waals surface area contributed by atoms with E-state index in [1.165, 1.54) is 11.3 Å². The van der Waals surface area contributed by atoms with Gasteiger partial charge >= 0.3 is 0 Å². The molecule has 1 amide bonds. The zero-order chi connectivity index (χ0) is 14.0. The third kappa shape index (κ3) is 3.29. The van der Waals surface area contributed by atoms with Gasteiger partial charge in [0.15, 0.2) is 0 Å². The summed E-state index contributed by atoms with van der Waals surface area (Å²) in [6.45, 7) is 6.53. The Bertz CT molecular complexity index is 599. The molecule has 0 atom stereocenters. The van der Waals surface area contributed by atoms with Crippen LogP contribution in [0.5, 0.6) is 0 Å². The Morgan fingerprint density at radius 3 is 2.68 bits per heavy atom. The van der Waals surface area contributed by atoms with Gasteiger partial charge in [0.25, 0.3) is 5.91 Å². The highest BCUT2D eigenvalue weighted by Crippen LogP contribution is 2.36. The molecule has 0 saturated carbocycles. The van der Waals surface area contributed by atoms with Crippen LogP contribution in [0.4, 0.5) is 0 Å². The van der Waals surface area contributed by atoms with Crippen LogP contribution in [0, 0.1) is 0 Å². The van der Waals surface area contributed by atoms with Crippen LogP contribution in [0.2, 0.25) is 0 Å². The Kier molecular flexibility index (Phi) is 4.18. The molecule has 0 saturated heterocycles. The number of hydrazine groups is 1. The maximum atomic E-state index is 11.9. The van der Waals surface area contributed by atoms with E-state index in [9.17, 15) is 4.79 Å². The Labute approximate surface area is 121 Å². The quantitative estimate of drug-likeness (QED) is 0.517. The maximum Gasteiger partial charge on any atom is 0.275 e. The van der Waals surface area contributed by atoms with E-state index in [0.717, 1.165) is 26.3 Å². The van der Waals surface area contributed by atoms with Gasteiger partial charge in [0, 0.05) is 15.2 Å². The molecule has 1 aromatic heterocycles. The first kappa shape index (κ1) is 14.4. The predicted molar refractivity (Wildman–Crippen MR) is 84.5 cm³/mol. The van der Waals surface area contributed by atoms with Gasteiger partial charge in [-0.25, -0.2) is 5.84 Å². The number of nitrogens with one attached hydrogen (secondary N) is 1. The van der Waals surface area contributed by atoms with Gasteiger partial charge in [-0.05, 0) is 17.0 Å². The van der Waals surface area contributed by atoms with E-state index in [4.69, 9.17) is 5.84 Å². The molecule has 0 spiro atoms. The summed E-state index contributed by atoms with van der Waals surface area (Å²) in [5.41, 5.74) is 3.33. The smallest absolute Gasteiger partial charge is 0.275 e. The average Bonchev–Trinajstić information content (AvgIpc) is 2.73. The second-order valence-electron chi connectivity index (χ2n) is 5.28. The number of fused-ring (bicyclic) bond motifs is 1. The maximum absolute atomic E-state index is 11.9. The number of carbonyl (C=O) groups is 1. The summed E-state index contributed by atoms with van der Waals surface area (Å²) in [7, 11) is 0. The highest BCUT2D eigenvalue weighted by Gasteiger charge is 2.20. The fourth-order valence-corrected chi connectivity index (χ4v) is 3.87. The molecule has 5 heteroatoms. The van der Waals surface area contributed by atoms with Crippen molar-refractivity contribution in [1.29, 1.82) is 0 Å². The lowest BCUT2D eigenvalue weighted by molar-refractivity contribution is 0.0957. The molecule has 0 aliphatic carbocycles. The van der Waals surface area contributed by atoms with E-state index < -0.39 is 0 Å². The van der Waals surface area contributed by atoms with Crippen molar-refractivity contribution in [2.45, 2.75) is 31.3 Å². The second kappa shape index (κ2) is 5.53. The average molecular weight is 294 g/mol. The number of rotatable bonds is 3. The molecule has 0 unspecified atom stereocenters. The molecule has 0 aliphatic heterocycles. The topological polar surface area (TPSA) is 55.1 Å². The fourth-order valence-electron chi connectivity index (χ4n) is 1.78. The van der Waals surface area contributed by atoms with Gasteiger partial charge in [0.05, 0.1) is 4.88 Å². The van der Waals surface area contributed by atoms with Crippen molar-refractivity contribution in [2.75, 3.05) is 0 Å². The van der Waals surface area contributed by atoms with Crippen LogP contribution in [-0.4, -0.2) is 10.7 Å². The van der Waals surface area contributed by atoms with Crippen LogP contribution in [0.3, 0.4) is 0 Å². The molecular weight excluding hydrogens is 276 g/mol. The summed E-state index contributed by atoms with van der Waals surface area (Å²) in [6.07, 6.45) is 0. The number of hydrogen-bond donors (Lipinski definition) is 2. The molecule has 2 rings (SSSR count). The van der Waals surface area contributed by atoms with Crippen molar-refractivity contribution in [3.8, 4) is 0 Å². The number of amides is 1. The largest absolute Gasteiger partial charge is 0.289 e. The van der Waals surface area contributed by atoms with E-state index in [-0.39, 0.29) is 10.7 Å². The number of nitrogens with two attached hydrogens (primary N) is 1. The van der Waals surface area contributed by atoms with E-state index in [1.54, 1.807) is 0 Å². The monoisotopic (exact) mass is 294 g/mol. The Morgan fingerprint density at radius 2 is 2.05 bits per heavy atom. The van der Waals surface area contributed by atoms with Gasteiger partial charge in [0.2, 0.25) is 0 Å². The van der Waals surface area contributed by atoms with Gasteiger partial charge in [-0.1, -0.05) is 39.0 Å². The first-order valence-electron chi connectivity index (χ1n) is 6.07. The van der Waals surface area contributed by atoms with Gasteiger partial charge < -0.3 is 0 Å². The molecule has 3 nitrogen and oxygen atoms in total. The molecule has 0 fully saturated rings. The molecule has 19 heavy (non-hydrogen) atoms. The molecule has 3 N–H and O–H groups in total. The van der Waals surface area contributed by atoms with Crippen LogP contribution in [-0.2, 0) is 5.75 Å². The zero-order valence-corrected chi connectivity index (χ0v) is 13.0. The molecule has 0 radical (unpaired) electrons. The standard InChI is InChI=1S/C14H18N2OS2/c1-14(2,3)18-8-10-9-6-4-5-7-11(9)19-12(10)13(17)16-15/h4-7H,8,15H2,1-3H3,(H,16,17). The number of thiophene rings is 1. The molecule has 1 aromatic carbocycles. The minimum atomic E-state index is -0.203. The summed E-state index contributed by atoms with van der Waals surface area (Å²) < 4.78 is 1.30. The van der Waals surface area contributed by atoms with Crippen molar-refractivity contribution in [2.24, 2.45) is 5.84 Å². The van der Waals surface area contributed by atoms with Crippen LogP contribution >= 0.6 is 23.1 Å². The van der Waals surface area contributed by atoms with Crippen LogP contribution < -0.4 is 11.3 Å². The van der Waals surface area contributed by atoms with Crippen molar-refractivity contribution < 1.29 is 4.79 Å². The number of hydrogen-bond acceptors (Lipinski definition) is 4. The summed E-state index contributed by atoms with van der Waals surface area (Å²) in [4.78, 5) is 12.6. The fraction of sp³-hybridized carbons (Fsp3) is 0.357. The zero-order valence-electron chi connectivity index (χ0n) is 11.3. The highest BCUT2D eigenvalue weighted by molar-refractivity contribution is 7.99. The molecular formula is C14H18N2OS2. The minimum Gasteiger partial charge on any atom is -0.289 e. The summed E-state index contributed by atoms with van der Waals surface area (Å²) >= 11 is 3.34. The van der Waals surface area contributed by atoms with Crippen molar-refractivity contribution in [3.63, 3.8) is 0 Å². The first-order valence-corrected chi connectivity index (χ1v) is 7.88. The van der Waals surface area contributed by atoms with Crippen LogP contribution in [0.15, 0.2) is 24.3 Å². The SMILES string of the molecule is CC(C)(C)SCc1c(C(=O)NN)sc2ccccc12. The highest BCUT2D eigenvalue weighted by atomic mass is 32.2. The lowest BCUT2D eigenvalue weighted by Gasteiger charge is -2.17. The van der Waals surface area contributed by atoms with Gasteiger partial charge in [-0.3, -0.25) is 10.2 Å². The Hall–Kier alpha value is -1.04. The van der Waals surface area contributed by atoms with E-state index in [0.29, 0.717) is 0 Å². The van der Waals surface area contributed by atoms with E-state index >= 15 is 0 Å². The normalized spacial score (nSPS) is 11.8. The molecule has 0 aliphatic rings. The van der Waals surface area contributed by atoms with Gasteiger partial charge in [-0.2, -0.15) is 11.8 Å². The van der Waals surface area contributed by atoms with Crippen LogP contribution in [0.25, 0.3) is 10.1 Å². The van der Waals surface area contributed by atoms with E-state index in [2.05, 4.69) is 32.3 Å². The van der Waals surface area contributed by atoms with Crippen molar-refractivity contribution in [3.05, 3.63) is 34.7 Å². The summed E-state index contributed by atoms with van der Waals surface area (Å²) in [6, 6.07) is 8.10. The number of benzene rings is 1. The molecule has 102 valence electrons. The third-order valence-corrected chi connectivity index (χ3v) is 5.20. The van der Waals surface area contributed by atoms with Crippen molar-refractivity contribution >= 4 is 39.1 Å². The predicted octanol–water partition coefficient (Wildman–Crippen LogP) is 3.54. The summed E-state index contributed by atoms with van der Waals surface area (Å²) in [5.74, 6) is 5.89. The molecule has 2 aromatic rings. The Morgan fingerprint density at radius 1 is 1.37 bits per heavy atom. The van der Waals surface area contributed by atoms with E-state index in [1.807, 2.05) is 30.0 Å². The summed E-state index contributed by atoms with van der Waals surface area (Å²) in [5, 5.41) is 1.16. The second-order valence-corrected chi connectivity index (χ2v) is 8.13. The molecule has 1 heterocycles. The number of nitrogen functional groups attached to an aromatic ring is 1. The molecule has 0 bridgehead atoms. The lowest BCUT2D eigenvalue weighted by atomic mass is 10.1. The third-order valence-electron chi connectivity index (χ3n) is 2.69.